The van der Waals surface area contributed by atoms with Crippen molar-refractivity contribution >= 4 is 5.97 Å². The van der Waals surface area contributed by atoms with Gasteiger partial charge >= 0.3 is 5.97 Å². The molecule has 0 aliphatic rings. The molecular weight excluding hydrogens is 330 g/mol. The smallest absolute Gasteiger partial charge is 0.321 e. The molecule has 0 heterocycles. The number of aliphatic carboxylic acids is 1. The molecule has 1 unspecified atom stereocenters. The first-order valence-corrected chi connectivity index (χ1v) is 9.02. The van der Waals surface area contributed by atoms with Crippen LogP contribution in [0.1, 0.15) is 31.4 Å². The van der Waals surface area contributed by atoms with E-state index >= 15 is 0 Å². The van der Waals surface area contributed by atoms with Gasteiger partial charge in [0.15, 0.2) is 11.5 Å². The first-order valence-electron chi connectivity index (χ1n) is 9.02. The predicted octanol–water partition coefficient (Wildman–Crippen LogP) is 3.66. The van der Waals surface area contributed by atoms with Crippen molar-refractivity contribution in [2.24, 2.45) is 0 Å². The SMILES string of the molecule is CCCOc1ccc(CNC(Cc2ccccc2)C(=O)O)cc1OCC. The Kier molecular flexibility index (Phi) is 7.96. The number of carboxylic acid groups (broad SMARTS) is 1. The average Bonchev–Trinajstić information content (AvgIpc) is 2.65. The minimum absolute atomic E-state index is 0.437. The molecule has 0 aliphatic heterocycles. The van der Waals surface area contributed by atoms with E-state index in [1.165, 1.54) is 0 Å². The van der Waals surface area contributed by atoms with Gasteiger partial charge in [-0.3, -0.25) is 4.79 Å². The molecule has 5 heteroatoms. The largest absolute Gasteiger partial charge is 0.490 e. The Morgan fingerprint density at radius 1 is 1.04 bits per heavy atom. The number of hydrogen-bond donors (Lipinski definition) is 2. The molecule has 5 nitrogen and oxygen atoms in total. The molecule has 0 bridgehead atoms. The molecule has 2 aromatic rings. The topological polar surface area (TPSA) is 67.8 Å². The van der Waals surface area contributed by atoms with Gasteiger partial charge in [-0.05, 0) is 43.0 Å². The maximum atomic E-state index is 11.6. The van der Waals surface area contributed by atoms with Crippen LogP contribution in [0.3, 0.4) is 0 Å². The maximum absolute atomic E-state index is 11.6. The second kappa shape index (κ2) is 10.5. The third-order valence-electron chi connectivity index (χ3n) is 3.90. The van der Waals surface area contributed by atoms with E-state index in [0.29, 0.717) is 31.9 Å². The van der Waals surface area contributed by atoms with Crippen LogP contribution in [0.5, 0.6) is 11.5 Å². The highest BCUT2D eigenvalue weighted by Gasteiger charge is 2.17. The number of benzene rings is 2. The number of carboxylic acids is 1. The minimum Gasteiger partial charge on any atom is -0.490 e. The van der Waals surface area contributed by atoms with E-state index in [-0.39, 0.29) is 0 Å². The van der Waals surface area contributed by atoms with Crippen molar-refractivity contribution in [3.05, 3.63) is 59.7 Å². The van der Waals surface area contributed by atoms with Crippen molar-refractivity contribution in [1.29, 1.82) is 0 Å². The standard InChI is InChI=1S/C21H27NO4/c1-3-12-26-19-11-10-17(14-20(19)25-4-2)15-22-18(21(23)24)13-16-8-6-5-7-9-16/h5-11,14,18,22H,3-4,12-13,15H2,1-2H3,(H,23,24). The Labute approximate surface area is 155 Å². The molecule has 2 aromatic carbocycles. The average molecular weight is 357 g/mol. The second-order valence-electron chi connectivity index (χ2n) is 6.02. The molecule has 0 radical (unpaired) electrons. The lowest BCUT2D eigenvalue weighted by atomic mass is 10.1. The third-order valence-corrected chi connectivity index (χ3v) is 3.90. The molecule has 0 saturated carbocycles. The molecule has 2 N–H and O–H groups in total. The van der Waals surface area contributed by atoms with Gasteiger partial charge in [-0.1, -0.05) is 43.3 Å². The molecule has 0 aromatic heterocycles. The summed E-state index contributed by atoms with van der Waals surface area (Å²) in [7, 11) is 0. The second-order valence-corrected chi connectivity index (χ2v) is 6.02. The summed E-state index contributed by atoms with van der Waals surface area (Å²) in [5.74, 6) is 0.550. The Balaban J connectivity index is 2.03. The highest BCUT2D eigenvalue weighted by molar-refractivity contribution is 5.73. The van der Waals surface area contributed by atoms with Gasteiger partial charge in [0.05, 0.1) is 13.2 Å². The number of nitrogens with one attached hydrogen (secondary N) is 1. The van der Waals surface area contributed by atoms with Gasteiger partial charge in [0.25, 0.3) is 0 Å². The van der Waals surface area contributed by atoms with E-state index in [0.717, 1.165) is 23.3 Å². The predicted molar refractivity (Wildman–Crippen MR) is 102 cm³/mol. The van der Waals surface area contributed by atoms with Crippen molar-refractivity contribution in [2.75, 3.05) is 13.2 Å². The van der Waals surface area contributed by atoms with Crippen LogP contribution in [-0.2, 0) is 17.8 Å². The Bertz CT molecular complexity index is 688. The number of ether oxygens (including phenoxy) is 2. The van der Waals surface area contributed by atoms with Crippen LogP contribution >= 0.6 is 0 Å². The molecule has 0 aliphatic carbocycles. The molecular formula is C21H27NO4. The van der Waals surface area contributed by atoms with Crippen LogP contribution in [0.4, 0.5) is 0 Å². The minimum atomic E-state index is -0.859. The number of hydrogen-bond acceptors (Lipinski definition) is 4. The first-order chi connectivity index (χ1) is 12.6. The zero-order valence-electron chi connectivity index (χ0n) is 15.4. The van der Waals surface area contributed by atoms with Gasteiger partial charge in [0.1, 0.15) is 6.04 Å². The summed E-state index contributed by atoms with van der Waals surface area (Å²) in [6.07, 6.45) is 1.36. The summed E-state index contributed by atoms with van der Waals surface area (Å²) in [5, 5.41) is 12.6. The van der Waals surface area contributed by atoms with Crippen molar-refractivity contribution in [2.45, 2.75) is 39.3 Å². The van der Waals surface area contributed by atoms with Crippen LogP contribution in [0.25, 0.3) is 0 Å². The van der Waals surface area contributed by atoms with Gasteiger partial charge in [0, 0.05) is 6.54 Å². The lowest BCUT2D eigenvalue weighted by Gasteiger charge is -2.16. The fourth-order valence-corrected chi connectivity index (χ4v) is 2.60. The van der Waals surface area contributed by atoms with Crippen molar-refractivity contribution in [3.8, 4) is 11.5 Å². The van der Waals surface area contributed by atoms with E-state index < -0.39 is 12.0 Å². The molecule has 26 heavy (non-hydrogen) atoms. The summed E-state index contributed by atoms with van der Waals surface area (Å²) < 4.78 is 11.4. The fraction of sp³-hybridized carbons (Fsp3) is 0.381. The highest BCUT2D eigenvalue weighted by Crippen LogP contribution is 2.28. The maximum Gasteiger partial charge on any atom is 0.321 e. The molecule has 0 saturated heterocycles. The fourth-order valence-electron chi connectivity index (χ4n) is 2.60. The van der Waals surface area contributed by atoms with Gasteiger partial charge in [-0.25, -0.2) is 0 Å². The van der Waals surface area contributed by atoms with E-state index in [1.807, 2.05) is 55.5 Å². The molecule has 0 fully saturated rings. The van der Waals surface area contributed by atoms with Crippen molar-refractivity contribution in [3.63, 3.8) is 0 Å². The quantitative estimate of drug-likeness (QED) is 0.642. The first kappa shape index (κ1) is 19.8. The monoisotopic (exact) mass is 357 g/mol. The number of rotatable bonds is 11. The van der Waals surface area contributed by atoms with E-state index in [4.69, 9.17) is 9.47 Å². The van der Waals surface area contributed by atoms with Crippen LogP contribution in [0.15, 0.2) is 48.5 Å². The van der Waals surface area contributed by atoms with E-state index in [1.54, 1.807) is 0 Å². The zero-order chi connectivity index (χ0) is 18.8. The van der Waals surface area contributed by atoms with Crippen molar-refractivity contribution < 1.29 is 19.4 Å². The van der Waals surface area contributed by atoms with Gasteiger partial charge in [0.2, 0.25) is 0 Å². The van der Waals surface area contributed by atoms with Crippen LogP contribution < -0.4 is 14.8 Å². The summed E-state index contributed by atoms with van der Waals surface area (Å²) in [5.41, 5.74) is 1.95. The summed E-state index contributed by atoms with van der Waals surface area (Å²) >= 11 is 0. The van der Waals surface area contributed by atoms with Crippen LogP contribution in [-0.4, -0.2) is 30.3 Å². The molecule has 0 amide bonds. The van der Waals surface area contributed by atoms with E-state index in [9.17, 15) is 9.90 Å². The Morgan fingerprint density at radius 3 is 2.46 bits per heavy atom. The lowest BCUT2D eigenvalue weighted by molar-refractivity contribution is -0.139. The Morgan fingerprint density at radius 2 is 1.81 bits per heavy atom. The van der Waals surface area contributed by atoms with Crippen molar-refractivity contribution in [1.82, 2.24) is 5.32 Å². The third kappa shape index (κ3) is 6.08. The lowest BCUT2D eigenvalue weighted by Crippen LogP contribution is -2.38. The van der Waals surface area contributed by atoms with Gasteiger partial charge in [-0.2, -0.15) is 0 Å². The summed E-state index contributed by atoms with van der Waals surface area (Å²) in [4.78, 5) is 11.6. The number of carbonyl (C=O) groups is 1. The van der Waals surface area contributed by atoms with E-state index in [2.05, 4.69) is 12.2 Å². The van der Waals surface area contributed by atoms with Gasteiger partial charge in [-0.15, -0.1) is 0 Å². The molecule has 2 rings (SSSR count). The molecule has 1 atom stereocenters. The summed E-state index contributed by atoms with van der Waals surface area (Å²) in [6.45, 7) is 5.60. The van der Waals surface area contributed by atoms with Crippen LogP contribution in [0, 0.1) is 0 Å². The Hall–Kier alpha value is -2.53. The molecule has 0 spiro atoms. The highest BCUT2D eigenvalue weighted by atomic mass is 16.5. The zero-order valence-corrected chi connectivity index (χ0v) is 15.4. The molecule has 140 valence electrons. The summed E-state index contributed by atoms with van der Waals surface area (Å²) in [6, 6.07) is 14.7. The normalized spacial score (nSPS) is 11.8. The van der Waals surface area contributed by atoms with Crippen LogP contribution in [0.2, 0.25) is 0 Å². The van der Waals surface area contributed by atoms with Gasteiger partial charge < -0.3 is 19.9 Å².